The third-order valence-electron chi connectivity index (χ3n) is 5.43. The highest BCUT2D eigenvalue weighted by Gasteiger charge is 2.51. The second kappa shape index (κ2) is 10.3. The molecule has 0 aromatic heterocycles. The zero-order valence-corrected chi connectivity index (χ0v) is 17.6. The van der Waals surface area contributed by atoms with Crippen molar-refractivity contribution in [3.8, 4) is 0 Å². The molecule has 168 valence electrons. The lowest BCUT2D eigenvalue weighted by molar-refractivity contribution is -0.132. The lowest BCUT2D eigenvalue weighted by Crippen LogP contribution is -2.48. The van der Waals surface area contributed by atoms with E-state index in [1.165, 1.54) is 7.11 Å². The molecule has 3 N–H and O–H groups in total. The number of amides is 5. The minimum absolute atomic E-state index is 0.0159. The summed E-state index contributed by atoms with van der Waals surface area (Å²) in [6.07, 6.45) is 3.52. The van der Waals surface area contributed by atoms with Gasteiger partial charge in [0.05, 0.1) is 6.61 Å². The summed E-state index contributed by atoms with van der Waals surface area (Å²) >= 11 is 0. The Morgan fingerprint density at radius 1 is 1.10 bits per heavy atom. The summed E-state index contributed by atoms with van der Waals surface area (Å²) in [4.78, 5) is 50.2. The average molecular weight is 432 g/mol. The van der Waals surface area contributed by atoms with Crippen LogP contribution >= 0.6 is 0 Å². The van der Waals surface area contributed by atoms with Crippen LogP contribution in [0.1, 0.15) is 38.5 Å². The number of rotatable bonds is 8. The van der Waals surface area contributed by atoms with Crippen LogP contribution in [0.15, 0.2) is 24.3 Å². The predicted molar refractivity (Wildman–Crippen MR) is 113 cm³/mol. The number of urea groups is 1. The Bertz CT molecular complexity index is 837. The smallest absolute Gasteiger partial charge is 0.411 e. The van der Waals surface area contributed by atoms with Crippen LogP contribution in [-0.4, -0.2) is 61.2 Å². The quantitative estimate of drug-likeness (QED) is 0.428. The van der Waals surface area contributed by atoms with Crippen LogP contribution in [0.5, 0.6) is 0 Å². The van der Waals surface area contributed by atoms with Gasteiger partial charge < -0.3 is 20.1 Å². The van der Waals surface area contributed by atoms with Crippen molar-refractivity contribution < 1.29 is 28.7 Å². The molecule has 1 aromatic rings. The number of imide groups is 1. The number of carbonyl (C=O) groups is 4. The van der Waals surface area contributed by atoms with E-state index in [4.69, 9.17) is 9.47 Å². The van der Waals surface area contributed by atoms with E-state index in [1.807, 2.05) is 0 Å². The average Bonchev–Trinajstić information content (AvgIpc) is 2.96. The van der Waals surface area contributed by atoms with E-state index in [9.17, 15) is 19.2 Å². The zero-order chi connectivity index (χ0) is 22.3. The molecule has 0 bridgehead atoms. The standard InChI is InChI=1S/C21H28N4O6/c1-30-12-13-31-20(29)23-16-7-5-6-15(14-16)22-17(26)8-11-25-18(27)21(24-19(25)28)9-3-2-4-10-21/h5-7,14H,2-4,8-13H2,1H3,(H,22,26)(H,23,29)(H,24,28). The molecular formula is C21H28N4O6. The highest BCUT2D eigenvalue weighted by molar-refractivity contribution is 6.07. The highest BCUT2D eigenvalue weighted by Crippen LogP contribution is 2.33. The molecule has 31 heavy (non-hydrogen) atoms. The van der Waals surface area contributed by atoms with Gasteiger partial charge in [-0.25, -0.2) is 9.59 Å². The topological polar surface area (TPSA) is 126 Å². The number of carbonyl (C=O) groups excluding carboxylic acids is 4. The van der Waals surface area contributed by atoms with E-state index in [0.29, 0.717) is 30.8 Å². The van der Waals surface area contributed by atoms with Crippen LogP contribution in [0.4, 0.5) is 21.0 Å². The van der Waals surface area contributed by atoms with E-state index < -0.39 is 17.7 Å². The summed E-state index contributed by atoms with van der Waals surface area (Å²) in [5, 5.41) is 8.11. The Morgan fingerprint density at radius 2 is 1.81 bits per heavy atom. The van der Waals surface area contributed by atoms with Crippen LogP contribution in [-0.2, 0) is 19.1 Å². The summed E-state index contributed by atoms with van der Waals surface area (Å²) in [6, 6.07) is 6.15. The van der Waals surface area contributed by atoms with Crippen LogP contribution in [0, 0.1) is 0 Å². The largest absolute Gasteiger partial charge is 0.447 e. The number of hydrogen-bond acceptors (Lipinski definition) is 6. The minimum atomic E-state index is -0.788. The van der Waals surface area contributed by atoms with Crippen LogP contribution in [0.25, 0.3) is 0 Å². The van der Waals surface area contributed by atoms with Gasteiger partial charge in [-0.05, 0) is 31.0 Å². The SMILES string of the molecule is COCCOC(=O)Nc1cccc(NC(=O)CCN2C(=O)NC3(CCCCC3)C2=O)c1. The number of hydrogen-bond donors (Lipinski definition) is 3. The summed E-state index contributed by atoms with van der Waals surface area (Å²) in [5.41, 5.74) is 0.137. The fourth-order valence-corrected chi connectivity index (χ4v) is 3.86. The monoisotopic (exact) mass is 432 g/mol. The number of methoxy groups -OCH3 is 1. The second-order valence-electron chi connectivity index (χ2n) is 7.66. The molecule has 1 heterocycles. The Balaban J connectivity index is 1.49. The normalized spacial score (nSPS) is 17.4. The maximum atomic E-state index is 12.8. The molecule has 1 aliphatic heterocycles. The number of nitrogens with one attached hydrogen (secondary N) is 3. The van der Waals surface area contributed by atoms with Crippen molar-refractivity contribution in [2.45, 2.75) is 44.1 Å². The van der Waals surface area contributed by atoms with E-state index in [0.717, 1.165) is 24.2 Å². The minimum Gasteiger partial charge on any atom is -0.447 e. The number of nitrogens with zero attached hydrogens (tertiary/aromatic N) is 1. The predicted octanol–water partition coefficient (Wildman–Crippen LogP) is 2.46. The van der Waals surface area contributed by atoms with Crippen LogP contribution in [0.3, 0.4) is 0 Å². The molecule has 1 saturated heterocycles. The summed E-state index contributed by atoms with van der Waals surface area (Å²) in [5.74, 6) is -0.576. The first-order valence-corrected chi connectivity index (χ1v) is 10.4. The maximum Gasteiger partial charge on any atom is 0.411 e. The van der Waals surface area contributed by atoms with Crippen LogP contribution in [0.2, 0.25) is 0 Å². The molecule has 1 spiro atoms. The third kappa shape index (κ3) is 5.72. The molecule has 1 aliphatic carbocycles. The van der Waals surface area contributed by atoms with Gasteiger partial charge in [0, 0.05) is 31.5 Å². The summed E-state index contributed by atoms with van der Waals surface area (Å²) < 4.78 is 9.74. The van der Waals surface area contributed by atoms with Crippen molar-refractivity contribution in [2.24, 2.45) is 0 Å². The Labute approximate surface area is 180 Å². The lowest BCUT2D eigenvalue weighted by Gasteiger charge is -2.30. The third-order valence-corrected chi connectivity index (χ3v) is 5.43. The molecule has 5 amide bonds. The number of anilines is 2. The van der Waals surface area contributed by atoms with Gasteiger partial charge in [0.2, 0.25) is 5.91 Å². The Morgan fingerprint density at radius 3 is 2.52 bits per heavy atom. The molecule has 2 fully saturated rings. The summed E-state index contributed by atoms with van der Waals surface area (Å²) in [6.45, 7) is 0.438. The van der Waals surface area contributed by atoms with Gasteiger partial charge in [0.25, 0.3) is 5.91 Å². The molecule has 0 radical (unpaired) electrons. The van der Waals surface area contributed by atoms with Crippen molar-refractivity contribution in [1.29, 1.82) is 0 Å². The van der Waals surface area contributed by atoms with Gasteiger partial charge in [-0.2, -0.15) is 0 Å². The Hall–Kier alpha value is -3.14. The van der Waals surface area contributed by atoms with Crippen LogP contribution < -0.4 is 16.0 Å². The maximum absolute atomic E-state index is 12.8. The number of ether oxygens (including phenoxy) is 2. The first-order chi connectivity index (χ1) is 14.9. The molecule has 10 nitrogen and oxygen atoms in total. The Kier molecular flexibility index (Phi) is 7.45. The summed E-state index contributed by atoms with van der Waals surface area (Å²) in [7, 11) is 1.51. The molecule has 0 atom stereocenters. The first-order valence-electron chi connectivity index (χ1n) is 10.4. The highest BCUT2D eigenvalue weighted by atomic mass is 16.6. The molecule has 10 heteroatoms. The van der Waals surface area contributed by atoms with E-state index in [2.05, 4.69) is 16.0 Å². The van der Waals surface area contributed by atoms with Crippen molar-refractivity contribution in [2.75, 3.05) is 37.5 Å². The van der Waals surface area contributed by atoms with Crippen molar-refractivity contribution >= 4 is 35.3 Å². The molecule has 3 rings (SSSR count). The van der Waals surface area contributed by atoms with Gasteiger partial charge in [-0.3, -0.25) is 19.8 Å². The zero-order valence-electron chi connectivity index (χ0n) is 17.6. The molecule has 1 aromatic carbocycles. The number of benzene rings is 1. The first kappa shape index (κ1) is 22.5. The van der Waals surface area contributed by atoms with Gasteiger partial charge in [0.1, 0.15) is 12.1 Å². The molecule has 1 saturated carbocycles. The lowest BCUT2D eigenvalue weighted by atomic mass is 9.82. The van der Waals surface area contributed by atoms with Gasteiger partial charge in [-0.15, -0.1) is 0 Å². The van der Waals surface area contributed by atoms with Crippen molar-refractivity contribution in [3.63, 3.8) is 0 Å². The van der Waals surface area contributed by atoms with Gasteiger partial charge in [-0.1, -0.05) is 25.3 Å². The fraction of sp³-hybridized carbons (Fsp3) is 0.524. The van der Waals surface area contributed by atoms with E-state index in [-0.39, 0.29) is 31.4 Å². The second-order valence-corrected chi connectivity index (χ2v) is 7.66. The van der Waals surface area contributed by atoms with Gasteiger partial charge >= 0.3 is 12.1 Å². The molecule has 2 aliphatic rings. The fourth-order valence-electron chi connectivity index (χ4n) is 3.86. The van der Waals surface area contributed by atoms with Crippen molar-refractivity contribution in [1.82, 2.24) is 10.2 Å². The molecular weight excluding hydrogens is 404 g/mol. The molecule has 0 unspecified atom stereocenters. The van der Waals surface area contributed by atoms with Crippen molar-refractivity contribution in [3.05, 3.63) is 24.3 Å². The van der Waals surface area contributed by atoms with E-state index in [1.54, 1.807) is 24.3 Å². The van der Waals surface area contributed by atoms with Gasteiger partial charge in [0.15, 0.2) is 0 Å². The van der Waals surface area contributed by atoms with E-state index >= 15 is 0 Å².